The number of benzene rings is 2. The maximum Gasteiger partial charge on any atom is 0.274 e. The molecule has 1 aliphatic heterocycles. The lowest BCUT2D eigenvalue weighted by Gasteiger charge is -2.41. The van der Waals surface area contributed by atoms with E-state index in [1.54, 1.807) is 63.4 Å². The Bertz CT molecular complexity index is 1180. The molecule has 142 valence electrons. The third-order valence-electron chi connectivity index (χ3n) is 4.98. The Balaban J connectivity index is 1.88. The maximum absolute atomic E-state index is 12.4. The normalized spacial score (nSPS) is 20.1. The second-order valence-electron chi connectivity index (χ2n) is 7.33. The fourth-order valence-electron chi connectivity index (χ4n) is 3.41. The number of aliphatic hydroxyl groups is 1. The number of nitriles is 1. The van der Waals surface area contributed by atoms with Gasteiger partial charge in [-0.2, -0.15) is 5.26 Å². The first-order chi connectivity index (χ1) is 13.3. The van der Waals surface area contributed by atoms with Crippen LogP contribution in [0.1, 0.15) is 31.1 Å². The van der Waals surface area contributed by atoms with E-state index < -0.39 is 17.8 Å². The summed E-state index contributed by atoms with van der Waals surface area (Å²) in [5, 5.41) is 25.5. The molecule has 0 amide bonds. The predicted molar refractivity (Wildman–Crippen MR) is 102 cm³/mol. The number of aromatic nitrogens is 2. The number of aliphatic hydroxyl groups excluding tert-OH is 1. The number of hydrogen-bond acceptors (Lipinski definition) is 6. The summed E-state index contributed by atoms with van der Waals surface area (Å²) < 4.78 is 13.3. The number of aryl methyl sites for hydroxylation is 1. The zero-order valence-electron chi connectivity index (χ0n) is 15.7. The van der Waals surface area contributed by atoms with Crippen LogP contribution in [-0.4, -0.2) is 26.6 Å². The fraction of sp³-hybridized carbons (Fsp3) is 0.286. The molecule has 0 radical (unpaired) electrons. The number of rotatable bonds is 2. The quantitative estimate of drug-likeness (QED) is 0.737. The number of ether oxygens (including phenoxy) is 2. The van der Waals surface area contributed by atoms with Gasteiger partial charge in [-0.05, 0) is 44.2 Å². The zero-order valence-corrected chi connectivity index (χ0v) is 15.7. The minimum absolute atomic E-state index is 0.229. The molecule has 2 heterocycles. The van der Waals surface area contributed by atoms with Crippen LogP contribution >= 0.6 is 0 Å². The highest BCUT2D eigenvalue weighted by Gasteiger charge is 2.45. The Morgan fingerprint density at radius 2 is 1.96 bits per heavy atom. The average molecular weight is 377 g/mol. The van der Waals surface area contributed by atoms with Gasteiger partial charge in [-0.3, -0.25) is 4.79 Å². The van der Waals surface area contributed by atoms with E-state index in [9.17, 15) is 15.2 Å². The summed E-state index contributed by atoms with van der Waals surface area (Å²) in [7, 11) is 1.55. The van der Waals surface area contributed by atoms with Gasteiger partial charge in [-0.1, -0.05) is 12.1 Å². The molecule has 0 saturated carbocycles. The summed E-state index contributed by atoms with van der Waals surface area (Å²) in [6.07, 6.45) is -1.84. The lowest BCUT2D eigenvalue weighted by Crippen LogP contribution is -2.50. The molecule has 7 heteroatoms. The lowest BCUT2D eigenvalue weighted by atomic mass is 9.87. The average Bonchev–Trinajstić information content (AvgIpc) is 2.68. The maximum atomic E-state index is 12.4. The molecule has 7 nitrogen and oxygen atoms in total. The Kier molecular flexibility index (Phi) is 4.09. The minimum atomic E-state index is -1.02. The van der Waals surface area contributed by atoms with Crippen molar-refractivity contribution in [1.82, 2.24) is 9.78 Å². The Labute approximate surface area is 161 Å². The molecule has 0 bridgehead atoms. The van der Waals surface area contributed by atoms with Crippen LogP contribution in [0.15, 0.2) is 47.3 Å². The molecule has 2 atom stereocenters. The van der Waals surface area contributed by atoms with Crippen LogP contribution in [0.4, 0.5) is 0 Å². The molecule has 1 aliphatic rings. The summed E-state index contributed by atoms with van der Waals surface area (Å²) in [4.78, 5) is 12.4. The van der Waals surface area contributed by atoms with Gasteiger partial charge in [0, 0.05) is 12.6 Å². The van der Waals surface area contributed by atoms with Crippen LogP contribution < -0.4 is 15.0 Å². The molecule has 1 aromatic heterocycles. The van der Waals surface area contributed by atoms with Gasteiger partial charge in [0.25, 0.3) is 5.56 Å². The zero-order chi connectivity index (χ0) is 20.1. The van der Waals surface area contributed by atoms with Gasteiger partial charge >= 0.3 is 0 Å². The van der Waals surface area contributed by atoms with Gasteiger partial charge in [-0.15, -0.1) is 5.10 Å². The van der Waals surface area contributed by atoms with Crippen LogP contribution in [0.3, 0.4) is 0 Å². The molecular formula is C21H19N3O4. The van der Waals surface area contributed by atoms with E-state index in [-0.39, 0.29) is 11.4 Å². The van der Waals surface area contributed by atoms with Gasteiger partial charge in [0.1, 0.15) is 17.5 Å². The van der Waals surface area contributed by atoms with E-state index in [1.165, 1.54) is 4.68 Å². The molecule has 0 spiro atoms. The van der Waals surface area contributed by atoms with E-state index in [4.69, 9.17) is 9.47 Å². The van der Waals surface area contributed by atoms with Crippen molar-refractivity contribution in [2.24, 2.45) is 7.05 Å². The highest BCUT2D eigenvalue weighted by Crippen LogP contribution is 2.42. The van der Waals surface area contributed by atoms with E-state index in [1.807, 2.05) is 0 Å². The number of hydrogen-bond donors (Lipinski definition) is 1. The van der Waals surface area contributed by atoms with Crippen LogP contribution in [0, 0.1) is 11.3 Å². The second kappa shape index (κ2) is 6.36. The van der Waals surface area contributed by atoms with E-state index in [0.717, 1.165) is 0 Å². The minimum Gasteiger partial charge on any atom is -0.485 e. The van der Waals surface area contributed by atoms with Gasteiger partial charge in [0.2, 0.25) is 5.88 Å². The molecule has 3 aromatic rings. The van der Waals surface area contributed by atoms with Crippen molar-refractivity contribution in [3.63, 3.8) is 0 Å². The Morgan fingerprint density at radius 3 is 2.68 bits per heavy atom. The molecule has 0 aliphatic carbocycles. The Morgan fingerprint density at radius 1 is 1.25 bits per heavy atom. The predicted octanol–water partition coefficient (Wildman–Crippen LogP) is 2.46. The summed E-state index contributed by atoms with van der Waals surface area (Å²) in [5.41, 5.74) is -0.155. The van der Waals surface area contributed by atoms with Gasteiger partial charge in [0.05, 0.1) is 22.4 Å². The van der Waals surface area contributed by atoms with E-state index >= 15 is 0 Å². The third-order valence-corrected chi connectivity index (χ3v) is 4.98. The summed E-state index contributed by atoms with van der Waals surface area (Å²) >= 11 is 0. The fourth-order valence-corrected chi connectivity index (χ4v) is 3.41. The first-order valence-corrected chi connectivity index (χ1v) is 8.85. The standard InChI is InChI=1S/C21H19N3O4/c1-21(2)18(25)17(15-10-12(11-22)8-9-16(15)28-21)27-19-13-6-4-5-7-14(13)20(26)24(3)23-19/h4-10,17-18,25H,1-3H3/t17-,18+/m1/s1. The van der Waals surface area contributed by atoms with Crippen molar-refractivity contribution in [2.75, 3.05) is 0 Å². The number of fused-ring (bicyclic) bond motifs is 2. The van der Waals surface area contributed by atoms with Crippen molar-refractivity contribution < 1.29 is 14.6 Å². The van der Waals surface area contributed by atoms with Crippen LogP contribution in [-0.2, 0) is 7.05 Å². The van der Waals surface area contributed by atoms with Gasteiger partial charge < -0.3 is 14.6 Å². The van der Waals surface area contributed by atoms with Crippen LogP contribution in [0.2, 0.25) is 0 Å². The summed E-state index contributed by atoms with van der Waals surface area (Å²) in [6, 6.07) is 14.1. The molecule has 4 rings (SSSR count). The molecule has 2 aromatic carbocycles. The molecular weight excluding hydrogens is 358 g/mol. The highest BCUT2D eigenvalue weighted by atomic mass is 16.5. The van der Waals surface area contributed by atoms with Crippen molar-refractivity contribution in [3.8, 4) is 17.7 Å². The first-order valence-electron chi connectivity index (χ1n) is 8.85. The van der Waals surface area contributed by atoms with Crippen molar-refractivity contribution in [3.05, 3.63) is 63.9 Å². The molecule has 0 unspecified atom stereocenters. The summed E-state index contributed by atoms with van der Waals surface area (Å²) in [6.45, 7) is 3.53. The van der Waals surface area contributed by atoms with E-state index in [0.29, 0.717) is 27.6 Å². The van der Waals surface area contributed by atoms with Gasteiger partial charge in [-0.25, -0.2) is 4.68 Å². The number of nitrogens with zero attached hydrogens (tertiary/aromatic N) is 3. The SMILES string of the molecule is Cn1nc(O[C@@H]2c3cc(C#N)ccc3OC(C)(C)[C@H]2O)c2ccccc2c1=O. The third kappa shape index (κ3) is 2.79. The largest absolute Gasteiger partial charge is 0.485 e. The van der Waals surface area contributed by atoms with Crippen molar-refractivity contribution >= 4 is 10.8 Å². The van der Waals surface area contributed by atoms with Crippen LogP contribution in [0.5, 0.6) is 11.6 Å². The molecule has 0 fully saturated rings. The second-order valence-corrected chi connectivity index (χ2v) is 7.33. The molecule has 28 heavy (non-hydrogen) atoms. The Hall–Kier alpha value is -3.37. The van der Waals surface area contributed by atoms with E-state index in [2.05, 4.69) is 11.2 Å². The van der Waals surface area contributed by atoms with Crippen molar-refractivity contribution in [1.29, 1.82) is 5.26 Å². The smallest absolute Gasteiger partial charge is 0.274 e. The topological polar surface area (TPSA) is 97.4 Å². The highest BCUT2D eigenvalue weighted by molar-refractivity contribution is 5.85. The summed E-state index contributed by atoms with van der Waals surface area (Å²) in [5.74, 6) is 0.765. The molecule has 1 N–H and O–H groups in total. The lowest BCUT2D eigenvalue weighted by molar-refractivity contribution is -0.104. The monoisotopic (exact) mass is 377 g/mol. The van der Waals surface area contributed by atoms with Crippen LogP contribution in [0.25, 0.3) is 10.8 Å². The van der Waals surface area contributed by atoms with Crippen molar-refractivity contribution in [2.45, 2.75) is 31.7 Å². The molecule has 0 saturated heterocycles. The first kappa shape index (κ1) is 18.0. The van der Waals surface area contributed by atoms with Gasteiger partial charge in [0.15, 0.2) is 6.10 Å².